The second-order valence-electron chi connectivity index (χ2n) is 5.81. The van der Waals surface area contributed by atoms with Crippen LogP contribution in [0.25, 0.3) is 0 Å². The topological polar surface area (TPSA) is 37.6 Å². The molecule has 0 amide bonds. The molecule has 122 valence electrons. The van der Waals surface area contributed by atoms with Crippen LogP contribution in [0.5, 0.6) is 5.75 Å². The maximum atomic E-state index is 5.68. The fourth-order valence-electron chi connectivity index (χ4n) is 3.05. The summed E-state index contributed by atoms with van der Waals surface area (Å²) in [6.07, 6.45) is 6.60. The molecule has 0 bridgehead atoms. The van der Waals surface area contributed by atoms with Gasteiger partial charge in [-0.2, -0.15) is 0 Å². The molecule has 0 radical (unpaired) electrons. The van der Waals surface area contributed by atoms with Crippen LogP contribution in [0.2, 0.25) is 0 Å². The first kappa shape index (κ1) is 15.9. The van der Waals surface area contributed by atoms with Crippen molar-refractivity contribution in [1.29, 1.82) is 0 Å². The van der Waals surface area contributed by atoms with Gasteiger partial charge in [0.05, 0.1) is 19.9 Å². The highest BCUT2D eigenvalue weighted by Crippen LogP contribution is 2.26. The molecule has 1 N–H and O–H groups in total. The monoisotopic (exact) mass is 330 g/mol. The van der Waals surface area contributed by atoms with E-state index in [4.69, 9.17) is 21.4 Å². The Bertz CT molecular complexity index is 636. The van der Waals surface area contributed by atoms with Crippen LogP contribution < -0.4 is 10.1 Å². The number of nitrogens with one attached hydrogen (secondary N) is 1. The van der Waals surface area contributed by atoms with Crippen molar-refractivity contribution in [2.75, 3.05) is 12.4 Å². The minimum Gasteiger partial charge on any atom is -0.497 e. The number of ether oxygens (including phenoxy) is 1. The highest BCUT2D eigenvalue weighted by atomic mass is 32.1. The first-order valence-electron chi connectivity index (χ1n) is 8.00. The quantitative estimate of drug-likeness (QED) is 0.821. The molecule has 2 aromatic rings. The number of hydrogen-bond donors (Lipinski definition) is 1. The molecule has 1 saturated carbocycles. The molecule has 4 nitrogen and oxygen atoms in total. The summed E-state index contributed by atoms with van der Waals surface area (Å²) in [7, 11) is 1.67. The van der Waals surface area contributed by atoms with E-state index in [1.807, 2.05) is 36.4 Å². The Morgan fingerprint density at radius 1 is 1.30 bits per heavy atom. The van der Waals surface area contributed by atoms with Gasteiger partial charge in [0.15, 0.2) is 5.11 Å². The normalized spacial score (nSPS) is 14.7. The Morgan fingerprint density at radius 3 is 2.83 bits per heavy atom. The van der Waals surface area contributed by atoms with Gasteiger partial charge in [-0.25, -0.2) is 0 Å². The molecule has 0 unspecified atom stereocenters. The fourth-order valence-corrected chi connectivity index (χ4v) is 3.38. The van der Waals surface area contributed by atoms with Gasteiger partial charge in [0.1, 0.15) is 11.5 Å². The molecule has 1 fully saturated rings. The lowest BCUT2D eigenvalue weighted by molar-refractivity contribution is 0.286. The van der Waals surface area contributed by atoms with E-state index < -0.39 is 0 Å². The lowest BCUT2D eigenvalue weighted by Gasteiger charge is -2.31. The van der Waals surface area contributed by atoms with Crippen LogP contribution in [-0.4, -0.2) is 23.2 Å². The van der Waals surface area contributed by atoms with E-state index in [1.165, 1.54) is 25.7 Å². The minimum atomic E-state index is 0.478. The first-order chi connectivity index (χ1) is 11.3. The molecule has 3 rings (SSSR count). The number of thiocarbonyl (C=S) groups is 1. The van der Waals surface area contributed by atoms with Crippen molar-refractivity contribution in [3.63, 3.8) is 0 Å². The Kier molecular flexibility index (Phi) is 5.18. The molecular weight excluding hydrogens is 308 g/mol. The summed E-state index contributed by atoms with van der Waals surface area (Å²) in [5.41, 5.74) is 0.941. The smallest absolute Gasteiger partial charge is 0.174 e. The van der Waals surface area contributed by atoms with Crippen LogP contribution >= 0.6 is 12.2 Å². The van der Waals surface area contributed by atoms with Crippen molar-refractivity contribution in [3.05, 3.63) is 48.4 Å². The van der Waals surface area contributed by atoms with Gasteiger partial charge in [0, 0.05) is 17.8 Å². The van der Waals surface area contributed by atoms with Gasteiger partial charge in [0.25, 0.3) is 0 Å². The molecule has 1 heterocycles. The Morgan fingerprint density at radius 2 is 2.13 bits per heavy atom. The van der Waals surface area contributed by atoms with E-state index in [-0.39, 0.29) is 0 Å². The largest absolute Gasteiger partial charge is 0.497 e. The zero-order valence-electron chi connectivity index (χ0n) is 13.3. The fraction of sp³-hybridized carbons (Fsp3) is 0.389. The average Bonchev–Trinajstić information content (AvgIpc) is 3.26. The third-order valence-electron chi connectivity index (χ3n) is 4.25. The van der Waals surface area contributed by atoms with Crippen LogP contribution in [0.15, 0.2) is 47.1 Å². The SMILES string of the molecule is COc1cccc(NC(=S)N(Cc2ccco2)C2CCCC2)c1. The van der Waals surface area contributed by atoms with Crippen LogP contribution in [0.4, 0.5) is 5.69 Å². The van der Waals surface area contributed by atoms with E-state index in [2.05, 4.69) is 10.2 Å². The molecule has 0 spiro atoms. The van der Waals surface area contributed by atoms with E-state index in [0.717, 1.165) is 22.3 Å². The maximum Gasteiger partial charge on any atom is 0.174 e. The summed E-state index contributed by atoms with van der Waals surface area (Å²) in [4.78, 5) is 2.25. The summed E-state index contributed by atoms with van der Waals surface area (Å²) in [6.45, 7) is 0.702. The number of rotatable bonds is 5. The van der Waals surface area contributed by atoms with Gasteiger partial charge in [0.2, 0.25) is 0 Å². The number of hydrogen-bond acceptors (Lipinski definition) is 3. The third kappa shape index (κ3) is 4.05. The van der Waals surface area contributed by atoms with E-state index in [1.54, 1.807) is 13.4 Å². The van der Waals surface area contributed by atoms with Gasteiger partial charge in [-0.15, -0.1) is 0 Å². The van der Waals surface area contributed by atoms with Crippen LogP contribution in [0.3, 0.4) is 0 Å². The molecule has 0 aliphatic heterocycles. The molecule has 23 heavy (non-hydrogen) atoms. The second-order valence-corrected chi connectivity index (χ2v) is 6.19. The number of nitrogens with zero attached hydrogens (tertiary/aromatic N) is 1. The van der Waals surface area contributed by atoms with E-state index >= 15 is 0 Å². The van der Waals surface area contributed by atoms with Gasteiger partial charge < -0.3 is 19.4 Å². The molecule has 1 aliphatic rings. The number of methoxy groups -OCH3 is 1. The standard InChI is InChI=1S/C18H22N2O2S/c1-21-16-9-4-6-14(12-16)19-18(23)20(15-7-2-3-8-15)13-17-10-5-11-22-17/h4-6,9-12,15H,2-3,7-8,13H2,1H3,(H,19,23). The Labute approximate surface area is 142 Å². The number of furan rings is 1. The highest BCUT2D eigenvalue weighted by molar-refractivity contribution is 7.80. The summed E-state index contributed by atoms with van der Waals surface area (Å²) in [5.74, 6) is 1.75. The molecule has 1 aromatic carbocycles. The summed E-state index contributed by atoms with van der Waals surface area (Å²) < 4.78 is 10.8. The first-order valence-corrected chi connectivity index (χ1v) is 8.41. The maximum absolute atomic E-state index is 5.68. The molecule has 1 aromatic heterocycles. The molecule has 0 saturated heterocycles. The van der Waals surface area contributed by atoms with E-state index in [0.29, 0.717) is 12.6 Å². The minimum absolute atomic E-state index is 0.478. The summed E-state index contributed by atoms with van der Waals surface area (Å²) in [5, 5.41) is 4.08. The van der Waals surface area contributed by atoms with Gasteiger partial charge in [-0.1, -0.05) is 18.9 Å². The molecular formula is C18H22N2O2S. The summed E-state index contributed by atoms with van der Waals surface area (Å²) >= 11 is 5.68. The molecule has 0 atom stereocenters. The molecule has 5 heteroatoms. The van der Waals surface area contributed by atoms with Crippen molar-refractivity contribution < 1.29 is 9.15 Å². The second kappa shape index (κ2) is 7.51. The summed E-state index contributed by atoms with van der Waals surface area (Å²) in [6, 6.07) is 12.2. The molecule has 1 aliphatic carbocycles. The van der Waals surface area contributed by atoms with Gasteiger partial charge in [-0.05, 0) is 49.3 Å². The predicted octanol–water partition coefficient (Wildman–Crippen LogP) is 4.43. The van der Waals surface area contributed by atoms with Crippen molar-refractivity contribution in [3.8, 4) is 5.75 Å². The van der Waals surface area contributed by atoms with Gasteiger partial charge in [-0.3, -0.25) is 0 Å². The van der Waals surface area contributed by atoms with Crippen molar-refractivity contribution in [1.82, 2.24) is 4.90 Å². The van der Waals surface area contributed by atoms with E-state index in [9.17, 15) is 0 Å². The average molecular weight is 330 g/mol. The van der Waals surface area contributed by atoms with Crippen LogP contribution in [-0.2, 0) is 6.54 Å². The van der Waals surface area contributed by atoms with Crippen molar-refractivity contribution >= 4 is 23.0 Å². The van der Waals surface area contributed by atoms with Crippen LogP contribution in [0.1, 0.15) is 31.4 Å². The Balaban J connectivity index is 1.73. The lowest BCUT2D eigenvalue weighted by atomic mass is 10.2. The van der Waals surface area contributed by atoms with Crippen molar-refractivity contribution in [2.24, 2.45) is 0 Å². The highest BCUT2D eigenvalue weighted by Gasteiger charge is 2.25. The van der Waals surface area contributed by atoms with Gasteiger partial charge >= 0.3 is 0 Å². The number of benzene rings is 1. The van der Waals surface area contributed by atoms with Crippen LogP contribution in [0, 0.1) is 0 Å². The zero-order chi connectivity index (χ0) is 16.1. The number of anilines is 1. The third-order valence-corrected chi connectivity index (χ3v) is 4.59. The zero-order valence-corrected chi connectivity index (χ0v) is 14.1. The van der Waals surface area contributed by atoms with Crippen molar-refractivity contribution in [2.45, 2.75) is 38.3 Å². The predicted molar refractivity (Wildman–Crippen MR) is 95.7 cm³/mol. The Hall–Kier alpha value is -2.01. The lowest BCUT2D eigenvalue weighted by Crippen LogP contribution is -2.40.